The van der Waals surface area contributed by atoms with Crippen molar-refractivity contribution in [2.24, 2.45) is 0 Å². The Morgan fingerprint density at radius 2 is 0.770 bits per heavy atom. The maximum atomic E-state index is 5.65. The molecule has 0 saturated carbocycles. The SMILES string of the molecule is CC1(C)c2ccccc2-c2ccc(-c3cc4nc(-c5ccccc5)c(-c5ccc(N(c6ccccc6)c6ccc(-c7cn8ccccc8n7)cc6)cc5)nc4cc3-c3ccc4c(c3)C(C)(C)c3ccccc3-4)cc21. The molecule has 0 atom stereocenters. The average molecular weight is 950 g/mol. The molecule has 0 aliphatic heterocycles. The van der Waals surface area contributed by atoms with E-state index in [2.05, 4.69) is 249 Å². The summed E-state index contributed by atoms with van der Waals surface area (Å²) in [5.74, 6) is 0. The van der Waals surface area contributed by atoms with Gasteiger partial charge in [0, 0.05) is 57.0 Å². The number of hydrogen-bond donors (Lipinski definition) is 0. The van der Waals surface area contributed by atoms with E-state index < -0.39 is 0 Å². The molecule has 0 fully saturated rings. The number of imidazole rings is 1. The van der Waals surface area contributed by atoms with Crippen molar-refractivity contribution < 1.29 is 0 Å². The number of fused-ring (bicyclic) bond motifs is 8. The van der Waals surface area contributed by atoms with Crippen LogP contribution in [0.2, 0.25) is 0 Å². The van der Waals surface area contributed by atoms with E-state index in [4.69, 9.17) is 15.0 Å². The highest BCUT2D eigenvalue weighted by molar-refractivity contribution is 5.98. The molecule has 12 aromatic rings. The Labute approximate surface area is 431 Å². The standard InChI is InChI=1S/C69H51N5/c1-68(2)58-23-13-11-21-52(58)54-36-30-47(39-60(54)68)56-41-62-63(42-57(56)48-31-37-55-53-22-12-14-24-59(53)69(3,4)61(55)40-48)72-67(66(71-62)45-17-7-5-8-18-45)46-28-34-51(35-29-46)74(49-19-9-6-10-20-49)50-32-26-44(27-33-50)64-43-73-38-16-15-25-65(73)70-64/h5-43H,1-4H3. The monoisotopic (exact) mass is 949 g/mol. The molecule has 0 radical (unpaired) electrons. The van der Waals surface area contributed by atoms with E-state index >= 15 is 0 Å². The summed E-state index contributed by atoms with van der Waals surface area (Å²) in [6, 6.07) is 81.1. The second-order valence-corrected chi connectivity index (χ2v) is 20.9. The third-order valence-corrected chi connectivity index (χ3v) is 15.8. The van der Waals surface area contributed by atoms with Gasteiger partial charge in [-0.15, -0.1) is 0 Å². The van der Waals surface area contributed by atoms with Crippen molar-refractivity contribution in [1.82, 2.24) is 19.4 Å². The van der Waals surface area contributed by atoms with E-state index in [1.54, 1.807) is 0 Å². The average Bonchev–Trinajstić information content (AvgIpc) is 4.11. The molecule has 5 nitrogen and oxygen atoms in total. The molecule has 3 aromatic heterocycles. The zero-order chi connectivity index (χ0) is 49.7. The van der Waals surface area contributed by atoms with E-state index in [-0.39, 0.29) is 10.8 Å². The number of benzene rings is 9. The second-order valence-electron chi connectivity index (χ2n) is 20.9. The van der Waals surface area contributed by atoms with Crippen LogP contribution in [-0.4, -0.2) is 19.4 Å². The molecule has 9 aromatic carbocycles. The lowest BCUT2D eigenvalue weighted by molar-refractivity contribution is 0.660. The van der Waals surface area contributed by atoms with Crippen molar-refractivity contribution in [3.63, 3.8) is 0 Å². The second kappa shape index (κ2) is 16.7. The Bertz CT molecular complexity index is 4140. The van der Waals surface area contributed by atoms with Crippen LogP contribution < -0.4 is 4.90 Å². The Morgan fingerprint density at radius 3 is 1.31 bits per heavy atom. The third-order valence-electron chi connectivity index (χ3n) is 15.8. The van der Waals surface area contributed by atoms with Crippen LogP contribution in [0.4, 0.5) is 17.1 Å². The Kier molecular flexibility index (Phi) is 9.83. The van der Waals surface area contributed by atoms with E-state index in [1.807, 2.05) is 24.4 Å². The van der Waals surface area contributed by atoms with Crippen LogP contribution in [0.15, 0.2) is 237 Å². The topological polar surface area (TPSA) is 46.3 Å². The highest BCUT2D eigenvalue weighted by atomic mass is 15.1. The van der Waals surface area contributed by atoms with Crippen LogP contribution in [0.3, 0.4) is 0 Å². The maximum Gasteiger partial charge on any atom is 0.137 e. The van der Waals surface area contributed by atoms with Gasteiger partial charge in [-0.1, -0.05) is 179 Å². The van der Waals surface area contributed by atoms with Gasteiger partial charge in [-0.25, -0.2) is 15.0 Å². The minimum Gasteiger partial charge on any atom is -0.311 e. The first-order chi connectivity index (χ1) is 36.2. The minimum atomic E-state index is -0.151. The summed E-state index contributed by atoms with van der Waals surface area (Å²) in [6.07, 6.45) is 4.11. The van der Waals surface area contributed by atoms with Gasteiger partial charge in [0.1, 0.15) is 5.65 Å². The third kappa shape index (κ3) is 6.95. The van der Waals surface area contributed by atoms with Gasteiger partial charge in [0.15, 0.2) is 0 Å². The lowest BCUT2D eigenvalue weighted by Gasteiger charge is -2.26. The van der Waals surface area contributed by atoms with Crippen LogP contribution in [-0.2, 0) is 10.8 Å². The maximum absolute atomic E-state index is 5.65. The summed E-state index contributed by atoms with van der Waals surface area (Å²) in [7, 11) is 0. The van der Waals surface area contributed by atoms with Crippen molar-refractivity contribution in [1.29, 1.82) is 0 Å². The number of nitrogens with zero attached hydrogens (tertiary/aromatic N) is 5. The number of rotatable bonds is 8. The summed E-state index contributed by atoms with van der Waals surface area (Å²) >= 11 is 0. The highest BCUT2D eigenvalue weighted by Gasteiger charge is 2.37. The first-order valence-corrected chi connectivity index (χ1v) is 25.6. The molecule has 0 unspecified atom stereocenters. The smallest absolute Gasteiger partial charge is 0.137 e. The molecule has 5 heteroatoms. The number of pyridine rings is 1. The van der Waals surface area contributed by atoms with Crippen LogP contribution in [0.5, 0.6) is 0 Å². The van der Waals surface area contributed by atoms with Crippen molar-refractivity contribution in [3.8, 4) is 78.3 Å². The van der Waals surface area contributed by atoms with Crippen molar-refractivity contribution >= 4 is 33.7 Å². The van der Waals surface area contributed by atoms with E-state index in [0.717, 1.165) is 84.2 Å². The molecule has 2 aliphatic rings. The zero-order valence-corrected chi connectivity index (χ0v) is 41.8. The molecule has 14 rings (SSSR count). The van der Waals surface area contributed by atoms with Gasteiger partial charge in [-0.3, -0.25) is 0 Å². The molecule has 3 heterocycles. The number of para-hydroxylation sites is 1. The van der Waals surface area contributed by atoms with E-state index in [0.29, 0.717) is 0 Å². The summed E-state index contributed by atoms with van der Waals surface area (Å²) in [5.41, 5.74) is 26.4. The number of aromatic nitrogens is 4. The van der Waals surface area contributed by atoms with Gasteiger partial charge in [-0.2, -0.15) is 0 Å². The fourth-order valence-electron chi connectivity index (χ4n) is 12.0. The van der Waals surface area contributed by atoms with Crippen molar-refractivity contribution in [2.75, 3.05) is 4.90 Å². The summed E-state index contributed by atoms with van der Waals surface area (Å²) < 4.78 is 2.06. The number of anilines is 3. The van der Waals surface area contributed by atoms with Crippen molar-refractivity contribution in [2.45, 2.75) is 38.5 Å². The van der Waals surface area contributed by atoms with Crippen LogP contribution in [0, 0.1) is 0 Å². The van der Waals surface area contributed by atoms with Crippen LogP contribution in [0.1, 0.15) is 49.9 Å². The fraction of sp³-hybridized carbons (Fsp3) is 0.0870. The Hall–Kier alpha value is -9.19. The normalized spacial score (nSPS) is 13.6. The van der Waals surface area contributed by atoms with E-state index in [1.165, 1.54) is 50.1 Å². The molecule has 0 spiro atoms. The van der Waals surface area contributed by atoms with Crippen molar-refractivity contribution in [3.05, 3.63) is 259 Å². The number of hydrogen-bond acceptors (Lipinski definition) is 4. The minimum absolute atomic E-state index is 0.146. The lowest BCUT2D eigenvalue weighted by atomic mass is 9.80. The summed E-state index contributed by atoms with van der Waals surface area (Å²) in [5, 5.41) is 0. The Balaban J connectivity index is 0.915. The van der Waals surface area contributed by atoms with Gasteiger partial charge >= 0.3 is 0 Å². The fourth-order valence-corrected chi connectivity index (χ4v) is 12.0. The molecule has 74 heavy (non-hydrogen) atoms. The van der Waals surface area contributed by atoms with Gasteiger partial charge in [0.25, 0.3) is 0 Å². The lowest BCUT2D eigenvalue weighted by Crippen LogP contribution is -2.15. The molecular formula is C69H51N5. The predicted molar refractivity (Wildman–Crippen MR) is 305 cm³/mol. The Morgan fingerprint density at radius 1 is 0.338 bits per heavy atom. The first-order valence-electron chi connectivity index (χ1n) is 25.6. The summed E-state index contributed by atoms with van der Waals surface area (Å²) in [4.78, 5) is 18.4. The first kappa shape index (κ1) is 43.6. The van der Waals surface area contributed by atoms with Gasteiger partial charge < -0.3 is 9.30 Å². The molecule has 0 saturated heterocycles. The molecule has 0 bridgehead atoms. The largest absolute Gasteiger partial charge is 0.311 e. The molecular weight excluding hydrogens is 899 g/mol. The van der Waals surface area contributed by atoms with Crippen LogP contribution in [0.25, 0.3) is 95.0 Å². The van der Waals surface area contributed by atoms with Crippen LogP contribution >= 0.6 is 0 Å². The molecule has 352 valence electrons. The molecule has 2 aliphatic carbocycles. The molecule has 0 amide bonds. The van der Waals surface area contributed by atoms with Gasteiger partial charge in [-0.05, 0) is 140 Å². The molecule has 0 N–H and O–H groups in total. The predicted octanol–water partition coefficient (Wildman–Crippen LogP) is 17.7. The summed E-state index contributed by atoms with van der Waals surface area (Å²) in [6.45, 7) is 9.43. The quantitative estimate of drug-likeness (QED) is 0.152. The zero-order valence-electron chi connectivity index (χ0n) is 41.8. The van der Waals surface area contributed by atoms with Gasteiger partial charge in [0.2, 0.25) is 0 Å². The van der Waals surface area contributed by atoms with Gasteiger partial charge in [0.05, 0.1) is 28.1 Å². The highest BCUT2D eigenvalue weighted by Crippen LogP contribution is 2.53. The van der Waals surface area contributed by atoms with E-state index in [9.17, 15) is 0 Å².